The number of fused-ring (bicyclic) bond motifs is 1. The van der Waals surface area contributed by atoms with E-state index in [1.807, 2.05) is 32.0 Å². The number of nitrogens with one attached hydrogen (secondary N) is 2. The average molecular weight is 404 g/mol. The van der Waals surface area contributed by atoms with Gasteiger partial charge in [-0.1, -0.05) is 12.1 Å². The fourth-order valence-electron chi connectivity index (χ4n) is 3.29. The van der Waals surface area contributed by atoms with Gasteiger partial charge in [-0.25, -0.2) is 8.42 Å². The summed E-state index contributed by atoms with van der Waals surface area (Å²) in [5, 5.41) is 3.02. The second-order valence-electron chi connectivity index (χ2n) is 7.42. The predicted octanol–water partition coefficient (Wildman–Crippen LogP) is 3.10. The van der Waals surface area contributed by atoms with Crippen molar-refractivity contribution in [1.82, 2.24) is 5.32 Å². The number of carbonyl (C=O) groups is 1. The van der Waals surface area contributed by atoms with E-state index in [0.29, 0.717) is 17.9 Å². The van der Waals surface area contributed by atoms with Crippen LogP contribution in [-0.4, -0.2) is 33.3 Å². The summed E-state index contributed by atoms with van der Waals surface area (Å²) in [7, 11) is -1.93. The van der Waals surface area contributed by atoms with Crippen LogP contribution >= 0.6 is 0 Å². The van der Waals surface area contributed by atoms with E-state index in [4.69, 9.17) is 9.47 Å². The highest BCUT2D eigenvalue weighted by Crippen LogP contribution is 2.41. The molecular formula is C20H24N2O5S. The molecule has 150 valence electrons. The number of ether oxygens (including phenoxy) is 2. The zero-order valence-electron chi connectivity index (χ0n) is 16.3. The van der Waals surface area contributed by atoms with Crippen molar-refractivity contribution in [3.63, 3.8) is 0 Å². The summed E-state index contributed by atoms with van der Waals surface area (Å²) in [5.74, 6) is 0.980. The maximum atomic E-state index is 13.0. The summed E-state index contributed by atoms with van der Waals surface area (Å²) in [5.41, 5.74) is 0.839. The molecule has 2 N–H and O–H groups in total. The van der Waals surface area contributed by atoms with Crippen LogP contribution < -0.4 is 19.5 Å². The molecule has 0 bridgehead atoms. The van der Waals surface area contributed by atoms with Gasteiger partial charge < -0.3 is 14.8 Å². The average Bonchev–Trinajstić information content (AvgIpc) is 2.59. The lowest BCUT2D eigenvalue weighted by molar-refractivity contribution is 0.0618. The largest absolute Gasteiger partial charge is 0.497 e. The molecule has 1 heterocycles. The van der Waals surface area contributed by atoms with Gasteiger partial charge in [-0.3, -0.25) is 9.52 Å². The highest BCUT2D eigenvalue weighted by molar-refractivity contribution is 7.92. The van der Waals surface area contributed by atoms with Crippen molar-refractivity contribution in [2.45, 2.75) is 31.9 Å². The molecule has 8 heteroatoms. The van der Waals surface area contributed by atoms with Gasteiger partial charge in [0.25, 0.3) is 5.91 Å². The standard InChI is InChI=1S/C20H24N2O5S/c1-20(2)12-17(15-11-13(26-3)9-10-18(15)27-20)21-19(23)14-7-5-6-8-16(14)22-28(4,24)25/h5-11,17,22H,12H2,1-4H3,(H,21,23)/t17-/m1/s1. The summed E-state index contributed by atoms with van der Waals surface area (Å²) in [4.78, 5) is 13.0. The van der Waals surface area contributed by atoms with Crippen LogP contribution in [0.5, 0.6) is 11.5 Å². The van der Waals surface area contributed by atoms with Crippen LogP contribution in [-0.2, 0) is 10.0 Å². The van der Waals surface area contributed by atoms with Crippen molar-refractivity contribution < 1.29 is 22.7 Å². The lowest BCUT2D eigenvalue weighted by atomic mass is 9.89. The first-order valence-corrected chi connectivity index (χ1v) is 10.7. The molecule has 1 aliphatic rings. The zero-order valence-corrected chi connectivity index (χ0v) is 17.1. The van der Waals surface area contributed by atoms with Gasteiger partial charge >= 0.3 is 0 Å². The Balaban J connectivity index is 1.93. The minimum absolute atomic E-state index is 0.236. The molecule has 7 nitrogen and oxygen atoms in total. The van der Waals surface area contributed by atoms with Crippen LogP contribution in [0.3, 0.4) is 0 Å². The van der Waals surface area contributed by atoms with E-state index < -0.39 is 15.6 Å². The van der Waals surface area contributed by atoms with Crippen LogP contribution in [0.2, 0.25) is 0 Å². The van der Waals surface area contributed by atoms with E-state index in [1.54, 1.807) is 31.4 Å². The number of para-hydroxylation sites is 1. The summed E-state index contributed by atoms with van der Waals surface area (Å²) in [6, 6.07) is 11.7. The summed E-state index contributed by atoms with van der Waals surface area (Å²) in [6.45, 7) is 3.91. The highest BCUT2D eigenvalue weighted by atomic mass is 32.2. The van der Waals surface area contributed by atoms with Crippen molar-refractivity contribution >= 4 is 21.6 Å². The number of amides is 1. The fourth-order valence-corrected chi connectivity index (χ4v) is 3.87. The molecule has 0 radical (unpaired) electrons. The molecule has 1 amide bonds. The Morgan fingerprint density at radius 3 is 2.61 bits per heavy atom. The van der Waals surface area contributed by atoms with E-state index in [0.717, 1.165) is 11.8 Å². The van der Waals surface area contributed by atoms with Gasteiger partial charge in [-0.05, 0) is 44.2 Å². The minimum Gasteiger partial charge on any atom is -0.497 e. The topological polar surface area (TPSA) is 93.7 Å². The molecule has 0 spiro atoms. The number of sulfonamides is 1. The Labute approximate surface area is 165 Å². The normalized spacial score (nSPS) is 17.8. The Kier molecular flexibility index (Phi) is 5.25. The third-order valence-corrected chi connectivity index (χ3v) is 5.04. The molecule has 0 saturated carbocycles. The molecule has 1 aliphatic heterocycles. The number of rotatable bonds is 5. The molecule has 2 aromatic rings. The van der Waals surface area contributed by atoms with E-state index in [1.165, 1.54) is 0 Å². The quantitative estimate of drug-likeness (QED) is 0.799. The number of anilines is 1. The van der Waals surface area contributed by atoms with Crippen LogP contribution in [0, 0.1) is 0 Å². The molecule has 3 rings (SSSR count). The van der Waals surface area contributed by atoms with Crippen molar-refractivity contribution in [2.75, 3.05) is 18.1 Å². The number of methoxy groups -OCH3 is 1. The van der Waals surface area contributed by atoms with Gasteiger partial charge in [-0.2, -0.15) is 0 Å². The minimum atomic E-state index is -3.51. The van der Waals surface area contributed by atoms with Crippen molar-refractivity contribution in [3.8, 4) is 11.5 Å². The van der Waals surface area contributed by atoms with E-state index in [2.05, 4.69) is 10.0 Å². The number of hydrogen-bond acceptors (Lipinski definition) is 5. The summed E-state index contributed by atoms with van der Waals surface area (Å²) < 4.78 is 36.9. The number of hydrogen-bond donors (Lipinski definition) is 2. The summed E-state index contributed by atoms with van der Waals surface area (Å²) in [6.07, 6.45) is 1.60. The van der Waals surface area contributed by atoms with E-state index in [9.17, 15) is 13.2 Å². The van der Waals surface area contributed by atoms with Gasteiger partial charge in [0.05, 0.1) is 30.7 Å². The maximum Gasteiger partial charge on any atom is 0.253 e. The Bertz CT molecular complexity index is 1000. The lowest BCUT2D eigenvalue weighted by Gasteiger charge is -2.38. The highest BCUT2D eigenvalue weighted by Gasteiger charge is 2.35. The molecular weight excluding hydrogens is 380 g/mol. The fraction of sp³-hybridized carbons (Fsp3) is 0.350. The van der Waals surface area contributed by atoms with Crippen LogP contribution in [0.25, 0.3) is 0 Å². The Morgan fingerprint density at radius 1 is 1.21 bits per heavy atom. The molecule has 0 aromatic heterocycles. The monoisotopic (exact) mass is 404 g/mol. The molecule has 0 fully saturated rings. The van der Waals surface area contributed by atoms with Crippen molar-refractivity contribution in [3.05, 3.63) is 53.6 Å². The first-order valence-electron chi connectivity index (χ1n) is 8.82. The molecule has 2 aromatic carbocycles. The van der Waals surface area contributed by atoms with Gasteiger partial charge in [0.1, 0.15) is 17.1 Å². The van der Waals surface area contributed by atoms with Gasteiger partial charge in [0, 0.05) is 12.0 Å². The van der Waals surface area contributed by atoms with E-state index >= 15 is 0 Å². The van der Waals surface area contributed by atoms with Gasteiger partial charge in [0.15, 0.2) is 0 Å². The smallest absolute Gasteiger partial charge is 0.253 e. The van der Waals surface area contributed by atoms with Crippen LogP contribution in [0.1, 0.15) is 42.2 Å². The predicted molar refractivity (Wildman–Crippen MR) is 107 cm³/mol. The molecule has 0 saturated heterocycles. The third kappa shape index (κ3) is 4.56. The molecule has 1 atom stereocenters. The number of carbonyl (C=O) groups excluding carboxylic acids is 1. The van der Waals surface area contributed by atoms with Crippen molar-refractivity contribution in [2.24, 2.45) is 0 Å². The molecule has 28 heavy (non-hydrogen) atoms. The Morgan fingerprint density at radius 2 is 1.93 bits per heavy atom. The van der Waals surface area contributed by atoms with Crippen LogP contribution in [0.15, 0.2) is 42.5 Å². The van der Waals surface area contributed by atoms with Gasteiger partial charge in [0.2, 0.25) is 10.0 Å². The van der Waals surface area contributed by atoms with Crippen molar-refractivity contribution in [1.29, 1.82) is 0 Å². The second-order valence-corrected chi connectivity index (χ2v) is 9.16. The molecule has 0 unspecified atom stereocenters. The van der Waals surface area contributed by atoms with Crippen LogP contribution in [0.4, 0.5) is 5.69 Å². The number of benzene rings is 2. The lowest BCUT2D eigenvalue weighted by Crippen LogP contribution is -2.41. The maximum absolute atomic E-state index is 13.0. The summed E-state index contributed by atoms with van der Waals surface area (Å²) >= 11 is 0. The third-order valence-electron chi connectivity index (χ3n) is 4.45. The first-order chi connectivity index (χ1) is 13.1. The first kappa shape index (κ1) is 20.0. The van der Waals surface area contributed by atoms with E-state index in [-0.39, 0.29) is 23.2 Å². The SMILES string of the molecule is COc1ccc2c(c1)[C@H](NC(=O)c1ccccc1NS(C)(=O)=O)CC(C)(C)O2. The zero-order chi connectivity index (χ0) is 20.5. The second kappa shape index (κ2) is 7.35. The Hall–Kier alpha value is -2.74. The van der Waals surface area contributed by atoms with Gasteiger partial charge in [-0.15, -0.1) is 0 Å². The molecule has 0 aliphatic carbocycles.